The molecule has 0 amide bonds. The Hall–Kier alpha value is -4.74. The third-order valence-electron chi connectivity index (χ3n) is 8.30. The number of hydrogen-bond acceptors (Lipinski definition) is 10. The van der Waals surface area contributed by atoms with Crippen molar-refractivity contribution in [2.45, 2.75) is 50.3 Å². The maximum atomic E-state index is 12.9. The van der Waals surface area contributed by atoms with E-state index < -0.39 is 35.6 Å². The molecule has 8 nitrogen and oxygen atoms in total. The molecule has 0 bridgehead atoms. The van der Waals surface area contributed by atoms with Gasteiger partial charge in [0, 0.05) is 34.7 Å². The van der Waals surface area contributed by atoms with E-state index >= 15 is 0 Å². The third-order valence-corrected chi connectivity index (χ3v) is 9.66. The maximum Gasteiger partial charge on any atom is 0.419 e. The van der Waals surface area contributed by atoms with E-state index in [4.69, 9.17) is 30.4 Å². The molecule has 10 heteroatoms. The molecule has 0 saturated heterocycles. The number of esters is 2. The first-order chi connectivity index (χ1) is 23.1. The molecule has 6 rings (SSSR count). The van der Waals surface area contributed by atoms with Crippen molar-refractivity contribution in [2.75, 3.05) is 0 Å². The Labute approximate surface area is 286 Å². The number of carbonyl (C=O) groups excluding carboxylic acids is 2. The molecule has 0 fully saturated rings. The van der Waals surface area contributed by atoms with Gasteiger partial charge in [-0.2, -0.15) is 22.7 Å². The molecule has 4 aromatic carbocycles. The summed E-state index contributed by atoms with van der Waals surface area (Å²) >= 11 is 3.02. The minimum absolute atomic E-state index is 0.0626. The number of ether oxygens (including phenoxy) is 4. The van der Waals surface area contributed by atoms with Crippen molar-refractivity contribution in [2.24, 2.45) is 11.5 Å². The van der Waals surface area contributed by atoms with Crippen molar-refractivity contribution >= 4 is 56.2 Å². The van der Waals surface area contributed by atoms with Gasteiger partial charge in [0.1, 0.15) is 22.7 Å². The Morgan fingerprint density at radius 2 is 1.00 bits per heavy atom. The molecule has 0 spiro atoms. The molecule has 246 valence electrons. The highest BCUT2D eigenvalue weighted by Crippen LogP contribution is 2.38. The van der Waals surface area contributed by atoms with Crippen LogP contribution >= 0.6 is 22.7 Å². The zero-order chi connectivity index (χ0) is 33.7. The highest BCUT2D eigenvalue weighted by atomic mass is 32.1. The lowest BCUT2D eigenvalue weighted by molar-refractivity contribution is -0.176. The largest absolute Gasteiger partial charge is 0.482 e. The topological polar surface area (TPSA) is 123 Å². The molecule has 4 atom stereocenters. The summed E-state index contributed by atoms with van der Waals surface area (Å²) in [5.74, 6) is -1.18. The molecule has 0 saturated carbocycles. The Balaban J connectivity index is 1.12. The number of fused-ring (bicyclic) bond motifs is 2. The van der Waals surface area contributed by atoms with Crippen LogP contribution in [0.25, 0.3) is 21.5 Å². The second kappa shape index (κ2) is 14.2. The van der Waals surface area contributed by atoms with Gasteiger partial charge < -0.3 is 18.9 Å². The van der Waals surface area contributed by atoms with Crippen LogP contribution in [0.3, 0.4) is 0 Å². The second-order valence-corrected chi connectivity index (χ2v) is 13.5. The molecule has 0 aliphatic heterocycles. The average molecular weight is 681 g/mol. The number of rotatable bonds is 12. The van der Waals surface area contributed by atoms with Crippen LogP contribution in [-0.2, 0) is 30.3 Å². The molecular weight excluding hydrogens is 645 g/mol. The summed E-state index contributed by atoms with van der Waals surface area (Å²) in [7, 11) is 0. The van der Waals surface area contributed by atoms with E-state index in [0.717, 1.165) is 32.7 Å². The van der Waals surface area contributed by atoms with Crippen molar-refractivity contribution in [1.29, 1.82) is 0 Å². The van der Waals surface area contributed by atoms with Gasteiger partial charge in [-0.05, 0) is 70.4 Å². The Kier molecular flexibility index (Phi) is 9.79. The number of benzene rings is 4. The first-order valence-electron chi connectivity index (χ1n) is 15.5. The number of carbonyl (C=O) groups is 2. The van der Waals surface area contributed by atoms with Gasteiger partial charge >= 0.3 is 11.9 Å². The molecule has 6 aromatic rings. The predicted octanol–water partition coefficient (Wildman–Crippen LogP) is 7.84. The van der Waals surface area contributed by atoms with Crippen molar-refractivity contribution in [3.05, 3.63) is 130 Å². The number of hydrogen-bond donors (Lipinski definition) is 2. The zero-order valence-electron chi connectivity index (χ0n) is 26.5. The van der Waals surface area contributed by atoms with Gasteiger partial charge in [0.25, 0.3) is 0 Å². The molecule has 48 heavy (non-hydrogen) atoms. The fourth-order valence-corrected chi connectivity index (χ4v) is 7.40. The molecule has 2 aromatic heterocycles. The van der Waals surface area contributed by atoms with Crippen molar-refractivity contribution in [3.8, 4) is 11.5 Å². The predicted molar refractivity (Wildman–Crippen MR) is 190 cm³/mol. The average Bonchev–Trinajstić information content (AvgIpc) is 3.81. The Morgan fingerprint density at radius 1 is 0.604 bits per heavy atom. The summed E-state index contributed by atoms with van der Waals surface area (Å²) in [6, 6.07) is 31.3. The van der Waals surface area contributed by atoms with E-state index in [1.807, 2.05) is 132 Å². The fraction of sp³-hybridized carbons (Fsp3) is 0.211. The summed E-state index contributed by atoms with van der Waals surface area (Å²) in [5, 5.41) is 11.7. The monoisotopic (exact) mass is 680 g/mol. The number of nitrogens with two attached hydrogens (primary N) is 2. The Bertz CT molecular complexity index is 1860. The van der Waals surface area contributed by atoms with Crippen LogP contribution in [0.4, 0.5) is 0 Å². The smallest absolute Gasteiger partial charge is 0.419 e. The van der Waals surface area contributed by atoms with Gasteiger partial charge in [-0.3, -0.25) is 11.5 Å². The van der Waals surface area contributed by atoms with E-state index in [-0.39, 0.29) is 12.8 Å². The van der Waals surface area contributed by atoms with Crippen LogP contribution in [0.5, 0.6) is 11.5 Å². The van der Waals surface area contributed by atoms with E-state index in [1.165, 1.54) is 22.7 Å². The van der Waals surface area contributed by atoms with Gasteiger partial charge in [0.05, 0.1) is 0 Å². The first kappa shape index (κ1) is 33.2. The van der Waals surface area contributed by atoms with E-state index in [9.17, 15) is 9.59 Å². The summed E-state index contributed by atoms with van der Waals surface area (Å²) in [6.07, 6.45) is -2.25. The molecular formula is C38H36N2O6S2. The van der Waals surface area contributed by atoms with Crippen LogP contribution in [-0.4, -0.2) is 24.4 Å². The zero-order valence-corrected chi connectivity index (χ0v) is 28.2. The standard InChI is InChI=1S/C38H36N2O6S2/c1-37(27-17-19-47-23-27,45-31-15-7-11-25-9-3-5-13-29(25)31)21-33(39)43-35(41)36(42)44-34(40)22-38(2,28-18-20-48-24-28)46-32-16-8-12-26-10-4-6-14-30(26)32/h3-20,23-24,33-34H,21-22,39-40H2,1-2H3. The number of thiophene rings is 2. The lowest BCUT2D eigenvalue weighted by Crippen LogP contribution is -2.43. The van der Waals surface area contributed by atoms with Crippen LogP contribution < -0.4 is 20.9 Å². The molecule has 0 aliphatic carbocycles. The normalized spacial score (nSPS) is 15.2. The fourth-order valence-electron chi connectivity index (χ4n) is 5.84. The molecule has 4 N–H and O–H groups in total. The first-order valence-corrected chi connectivity index (χ1v) is 17.3. The minimum Gasteiger partial charge on any atom is -0.482 e. The second-order valence-electron chi connectivity index (χ2n) is 11.9. The van der Waals surface area contributed by atoms with Gasteiger partial charge in [0.2, 0.25) is 0 Å². The molecule has 4 unspecified atom stereocenters. The lowest BCUT2D eigenvalue weighted by atomic mass is 9.93. The van der Waals surface area contributed by atoms with Crippen LogP contribution in [0, 0.1) is 0 Å². The third kappa shape index (κ3) is 7.37. The van der Waals surface area contributed by atoms with Gasteiger partial charge in [-0.15, -0.1) is 0 Å². The molecule has 2 heterocycles. The summed E-state index contributed by atoms with van der Waals surface area (Å²) in [5.41, 5.74) is 12.4. The van der Waals surface area contributed by atoms with Gasteiger partial charge in [-0.1, -0.05) is 72.8 Å². The summed E-state index contributed by atoms with van der Waals surface area (Å²) in [6.45, 7) is 3.75. The van der Waals surface area contributed by atoms with Gasteiger partial charge in [-0.25, -0.2) is 9.59 Å². The van der Waals surface area contributed by atoms with Crippen LogP contribution in [0.1, 0.15) is 37.8 Å². The van der Waals surface area contributed by atoms with Crippen LogP contribution in [0.2, 0.25) is 0 Å². The SMILES string of the molecule is CC(CC(N)OC(=O)C(=O)OC(N)CC(C)(Oc1cccc2ccccc12)c1ccsc1)(Oc1cccc2ccccc12)c1ccsc1. The van der Waals surface area contributed by atoms with Crippen molar-refractivity contribution in [1.82, 2.24) is 0 Å². The highest BCUT2D eigenvalue weighted by Gasteiger charge is 2.37. The van der Waals surface area contributed by atoms with E-state index in [1.54, 1.807) is 0 Å². The summed E-state index contributed by atoms with van der Waals surface area (Å²) in [4.78, 5) is 25.9. The van der Waals surface area contributed by atoms with Gasteiger partial charge in [0.15, 0.2) is 12.5 Å². The Morgan fingerprint density at radius 3 is 1.40 bits per heavy atom. The molecule has 0 aliphatic rings. The van der Waals surface area contributed by atoms with Crippen LogP contribution in [0.15, 0.2) is 119 Å². The lowest BCUT2D eigenvalue weighted by Gasteiger charge is -2.33. The van der Waals surface area contributed by atoms with E-state index in [0.29, 0.717) is 11.5 Å². The molecule has 0 radical (unpaired) electrons. The van der Waals surface area contributed by atoms with Crippen molar-refractivity contribution < 1.29 is 28.5 Å². The van der Waals surface area contributed by atoms with Crippen molar-refractivity contribution in [3.63, 3.8) is 0 Å². The quantitative estimate of drug-likeness (QED) is 0.0762. The highest BCUT2D eigenvalue weighted by molar-refractivity contribution is 7.08. The summed E-state index contributed by atoms with van der Waals surface area (Å²) < 4.78 is 23.9. The maximum absolute atomic E-state index is 12.9. The minimum atomic E-state index is -1.25. The van der Waals surface area contributed by atoms with E-state index in [2.05, 4.69) is 0 Å².